The molecule has 2 aliphatic carbocycles. The third kappa shape index (κ3) is 2.44. The minimum atomic E-state index is 0.210. The summed E-state index contributed by atoms with van der Waals surface area (Å²) in [5.74, 6) is 0. The van der Waals surface area contributed by atoms with Crippen molar-refractivity contribution in [1.29, 1.82) is 0 Å². The molecule has 0 heterocycles. The molecule has 0 aliphatic heterocycles. The maximum atomic E-state index is 6.13. The summed E-state index contributed by atoms with van der Waals surface area (Å²) in [5, 5.41) is 0. The lowest BCUT2D eigenvalue weighted by molar-refractivity contribution is 0.0731. The summed E-state index contributed by atoms with van der Waals surface area (Å²) < 4.78 is 5.57. The van der Waals surface area contributed by atoms with Gasteiger partial charge in [-0.2, -0.15) is 0 Å². The van der Waals surface area contributed by atoms with Gasteiger partial charge in [-0.15, -0.1) is 0 Å². The van der Waals surface area contributed by atoms with Gasteiger partial charge < -0.3 is 10.5 Å². The standard InChI is InChI=1S/C17H25NO/c1-13(18)17(11-12-17)15-5-3-14(4-6-15)7-8-16(19-2)9-10-16/h3-6,13H,7-12,18H2,1-2H3. The maximum Gasteiger partial charge on any atom is 0.0684 e. The molecule has 1 aromatic rings. The van der Waals surface area contributed by atoms with Gasteiger partial charge in [-0.1, -0.05) is 24.3 Å². The summed E-state index contributed by atoms with van der Waals surface area (Å²) in [6, 6.07) is 9.41. The zero-order chi connectivity index (χ0) is 13.5. The number of aryl methyl sites for hydroxylation is 1. The normalized spacial score (nSPS) is 23.9. The van der Waals surface area contributed by atoms with Crippen LogP contribution in [-0.2, 0) is 16.6 Å². The molecule has 1 atom stereocenters. The molecule has 0 aromatic heterocycles. The summed E-state index contributed by atoms with van der Waals surface area (Å²) in [5.41, 5.74) is 9.47. The SMILES string of the molecule is COC1(CCc2ccc(C3(C(C)N)CC3)cc2)CC1. The molecule has 0 bridgehead atoms. The van der Waals surface area contributed by atoms with Gasteiger partial charge in [0.2, 0.25) is 0 Å². The molecular weight excluding hydrogens is 234 g/mol. The molecule has 1 aromatic carbocycles. The average molecular weight is 259 g/mol. The lowest BCUT2D eigenvalue weighted by Gasteiger charge is -2.20. The first-order valence-electron chi connectivity index (χ1n) is 7.50. The van der Waals surface area contributed by atoms with Crippen LogP contribution in [0.4, 0.5) is 0 Å². The highest BCUT2D eigenvalue weighted by molar-refractivity contribution is 5.35. The van der Waals surface area contributed by atoms with Crippen LogP contribution in [0.3, 0.4) is 0 Å². The molecule has 0 radical (unpaired) electrons. The van der Waals surface area contributed by atoms with Crippen LogP contribution in [0.25, 0.3) is 0 Å². The second-order valence-electron chi connectivity index (χ2n) is 6.53. The second kappa shape index (κ2) is 4.60. The molecule has 2 saturated carbocycles. The van der Waals surface area contributed by atoms with E-state index in [1.807, 2.05) is 7.11 Å². The Morgan fingerprint density at radius 3 is 2.21 bits per heavy atom. The Bertz CT molecular complexity index is 441. The molecule has 2 heteroatoms. The minimum Gasteiger partial charge on any atom is -0.378 e. The summed E-state index contributed by atoms with van der Waals surface area (Å²) in [6.07, 6.45) is 7.24. The fourth-order valence-corrected chi connectivity index (χ4v) is 3.21. The smallest absolute Gasteiger partial charge is 0.0684 e. The van der Waals surface area contributed by atoms with E-state index in [0.29, 0.717) is 0 Å². The molecule has 2 aliphatic rings. The first-order chi connectivity index (χ1) is 9.10. The summed E-state index contributed by atoms with van der Waals surface area (Å²) in [4.78, 5) is 0. The molecule has 19 heavy (non-hydrogen) atoms. The molecule has 3 rings (SSSR count). The monoisotopic (exact) mass is 259 g/mol. The van der Waals surface area contributed by atoms with Crippen LogP contribution in [0, 0.1) is 0 Å². The van der Waals surface area contributed by atoms with Gasteiger partial charge in [0.15, 0.2) is 0 Å². The number of hydrogen-bond donors (Lipinski definition) is 1. The van der Waals surface area contributed by atoms with E-state index in [2.05, 4.69) is 31.2 Å². The van der Waals surface area contributed by atoms with Gasteiger partial charge >= 0.3 is 0 Å². The quantitative estimate of drug-likeness (QED) is 0.851. The summed E-state index contributed by atoms with van der Waals surface area (Å²) in [7, 11) is 1.84. The van der Waals surface area contributed by atoms with Gasteiger partial charge in [-0.3, -0.25) is 0 Å². The van der Waals surface area contributed by atoms with Crippen molar-refractivity contribution in [2.24, 2.45) is 5.73 Å². The molecule has 2 nitrogen and oxygen atoms in total. The van der Waals surface area contributed by atoms with Crippen LogP contribution in [-0.4, -0.2) is 18.8 Å². The van der Waals surface area contributed by atoms with Gasteiger partial charge in [0.05, 0.1) is 5.60 Å². The molecule has 2 fully saturated rings. The predicted molar refractivity (Wildman–Crippen MR) is 78.3 cm³/mol. The zero-order valence-electron chi connectivity index (χ0n) is 12.1. The number of ether oxygens (including phenoxy) is 1. The van der Waals surface area contributed by atoms with Crippen molar-refractivity contribution in [3.8, 4) is 0 Å². The predicted octanol–water partition coefficient (Wildman–Crippen LogP) is 3.18. The minimum absolute atomic E-state index is 0.210. The second-order valence-corrected chi connectivity index (χ2v) is 6.53. The third-order valence-corrected chi connectivity index (χ3v) is 5.30. The highest BCUT2D eigenvalue weighted by atomic mass is 16.5. The highest BCUT2D eigenvalue weighted by Gasteiger charge is 2.47. The number of benzene rings is 1. The van der Waals surface area contributed by atoms with E-state index < -0.39 is 0 Å². The average Bonchev–Trinajstić information content (AvgIpc) is 3.31. The van der Waals surface area contributed by atoms with Crippen molar-refractivity contribution in [2.45, 2.75) is 62.5 Å². The molecule has 2 N–H and O–H groups in total. The van der Waals surface area contributed by atoms with E-state index in [1.54, 1.807) is 0 Å². The van der Waals surface area contributed by atoms with Crippen LogP contribution in [0.5, 0.6) is 0 Å². The Balaban J connectivity index is 1.63. The largest absolute Gasteiger partial charge is 0.378 e. The highest BCUT2D eigenvalue weighted by Crippen LogP contribution is 2.50. The van der Waals surface area contributed by atoms with Crippen molar-refractivity contribution >= 4 is 0 Å². The van der Waals surface area contributed by atoms with E-state index in [9.17, 15) is 0 Å². The molecule has 0 spiro atoms. The summed E-state index contributed by atoms with van der Waals surface area (Å²) >= 11 is 0. The van der Waals surface area contributed by atoms with E-state index in [1.165, 1.54) is 36.8 Å². The fourth-order valence-electron chi connectivity index (χ4n) is 3.21. The first-order valence-corrected chi connectivity index (χ1v) is 7.50. The lowest BCUT2D eigenvalue weighted by atomic mass is 9.88. The third-order valence-electron chi connectivity index (χ3n) is 5.30. The Labute approximate surface area is 116 Å². The molecule has 104 valence electrons. The number of nitrogens with two attached hydrogens (primary N) is 1. The van der Waals surface area contributed by atoms with E-state index in [4.69, 9.17) is 10.5 Å². The van der Waals surface area contributed by atoms with Crippen LogP contribution >= 0.6 is 0 Å². The van der Waals surface area contributed by atoms with Crippen LogP contribution in [0.15, 0.2) is 24.3 Å². The van der Waals surface area contributed by atoms with Gasteiger partial charge in [0.25, 0.3) is 0 Å². The maximum absolute atomic E-state index is 6.13. The summed E-state index contributed by atoms with van der Waals surface area (Å²) in [6.45, 7) is 2.14. The van der Waals surface area contributed by atoms with E-state index in [0.717, 1.165) is 12.8 Å². The number of hydrogen-bond acceptors (Lipinski definition) is 2. The van der Waals surface area contributed by atoms with Crippen molar-refractivity contribution in [1.82, 2.24) is 0 Å². The fraction of sp³-hybridized carbons (Fsp3) is 0.647. The molecular formula is C17H25NO. The molecule has 0 amide bonds. The van der Waals surface area contributed by atoms with Crippen molar-refractivity contribution in [2.75, 3.05) is 7.11 Å². The zero-order valence-corrected chi connectivity index (χ0v) is 12.1. The number of methoxy groups -OCH3 is 1. The molecule has 0 saturated heterocycles. The van der Waals surface area contributed by atoms with Crippen molar-refractivity contribution in [3.05, 3.63) is 35.4 Å². The van der Waals surface area contributed by atoms with Crippen molar-refractivity contribution in [3.63, 3.8) is 0 Å². The van der Waals surface area contributed by atoms with Crippen LogP contribution in [0.1, 0.15) is 50.2 Å². The van der Waals surface area contributed by atoms with Crippen molar-refractivity contribution < 1.29 is 4.74 Å². The van der Waals surface area contributed by atoms with Gasteiger partial charge in [0, 0.05) is 18.6 Å². The van der Waals surface area contributed by atoms with Crippen LogP contribution < -0.4 is 5.73 Å². The van der Waals surface area contributed by atoms with Gasteiger partial charge in [-0.25, -0.2) is 0 Å². The Hall–Kier alpha value is -0.860. The first kappa shape index (κ1) is 13.1. The van der Waals surface area contributed by atoms with Gasteiger partial charge in [-0.05, 0) is 56.6 Å². The Kier molecular flexibility index (Phi) is 3.18. The van der Waals surface area contributed by atoms with E-state index in [-0.39, 0.29) is 17.1 Å². The van der Waals surface area contributed by atoms with Gasteiger partial charge in [0.1, 0.15) is 0 Å². The van der Waals surface area contributed by atoms with E-state index >= 15 is 0 Å². The number of rotatable bonds is 6. The Morgan fingerprint density at radius 1 is 1.16 bits per heavy atom. The Morgan fingerprint density at radius 2 is 1.79 bits per heavy atom. The topological polar surface area (TPSA) is 35.2 Å². The molecule has 1 unspecified atom stereocenters. The van der Waals surface area contributed by atoms with Crippen LogP contribution in [0.2, 0.25) is 0 Å². The lowest BCUT2D eigenvalue weighted by Crippen LogP contribution is -2.31.